The molecule has 1 aliphatic carbocycles. The maximum Gasteiger partial charge on any atom is 0.459 e. The molecule has 3 N–H and O–H groups in total. The number of para-hydroxylation sites is 1. The summed E-state index contributed by atoms with van der Waals surface area (Å²) in [7, 11) is -4.27. The van der Waals surface area contributed by atoms with E-state index >= 15 is 0 Å². The Labute approximate surface area is 262 Å². The van der Waals surface area contributed by atoms with Crippen molar-refractivity contribution >= 4 is 36.7 Å². The number of imidazole rings is 1. The highest BCUT2D eigenvalue weighted by molar-refractivity contribution is 7.52. The summed E-state index contributed by atoms with van der Waals surface area (Å²) in [6.07, 6.45) is 3.95. The fourth-order valence-corrected chi connectivity index (χ4v) is 6.80. The van der Waals surface area contributed by atoms with Gasteiger partial charge in [0.05, 0.1) is 12.4 Å². The molecule has 246 valence electrons. The normalized spacial score (nSPS) is 18.7. The standard InChI is InChI=1S/C30H43N6O8P/c1-6-25(37)40-20(3)27(41-22(5)36-18-34-26-28(31)32-17-33-29(26)36)21(4)43-45(39,44-24-15-11-8-12-16-24)35-19(2)30(38)42-23-13-9-7-10-14-23/h8,11-12,15-23,27H,6-7,9-10,13-14H2,1-5H3,(H,35,39)(H2,31,32,33)/t19?,20?,21?,22?,27-,45?/m0/s1. The third-order valence-corrected chi connectivity index (χ3v) is 9.24. The SMILES string of the molecule is CCC(=O)OC(C)[C@H](OC(C)n1cnc2c(N)ncnc21)C(C)OP(=O)(NC(C)C(=O)OC1CCCCC1)Oc1ccccc1. The lowest BCUT2D eigenvalue weighted by molar-refractivity contribution is -0.171. The van der Waals surface area contributed by atoms with E-state index in [0.717, 1.165) is 32.1 Å². The van der Waals surface area contributed by atoms with E-state index in [0.29, 0.717) is 11.2 Å². The third kappa shape index (κ3) is 9.23. The molecule has 3 aromatic rings. The summed E-state index contributed by atoms with van der Waals surface area (Å²) in [6, 6.07) is 7.43. The van der Waals surface area contributed by atoms with Crippen molar-refractivity contribution in [2.24, 2.45) is 0 Å². The molecule has 1 fully saturated rings. The molecule has 5 unspecified atom stereocenters. The van der Waals surface area contributed by atoms with E-state index in [4.69, 9.17) is 29.0 Å². The smallest absolute Gasteiger partial charge is 0.459 e. The van der Waals surface area contributed by atoms with Gasteiger partial charge in [0, 0.05) is 6.42 Å². The van der Waals surface area contributed by atoms with Crippen molar-refractivity contribution in [1.82, 2.24) is 24.6 Å². The first kappa shape index (κ1) is 34.3. The highest BCUT2D eigenvalue weighted by Crippen LogP contribution is 2.47. The molecule has 1 aliphatic rings. The fourth-order valence-electron chi connectivity index (χ4n) is 5.11. The number of nitrogens with two attached hydrogens (primary N) is 1. The molecule has 2 aromatic heterocycles. The van der Waals surface area contributed by atoms with Gasteiger partial charge in [-0.25, -0.2) is 19.5 Å². The minimum atomic E-state index is -4.27. The molecule has 6 atom stereocenters. The average Bonchev–Trinajstić information content (AvgIpc) is 3.46. The van der Waals surface area contributed by atoms with E-state index in [1.165, 1.54) is 12.7 Å². The van der Waals surface area contributed by atoms with Crippen LogP contribution >= 0.6 is 7.75 Å². The maximum absolute atomic E-state index is 14.4. The summed E-state index contributed by atoms with van der Waals surface area (Å²) in [5.41, 5.74) is 6.79. The number of carbonyl (C=O) groups excluding carboxylic acids is 2. The van der Waals surface area contributed by atoms with Crippen LogP contribution in [-0.4, -0.2) is 61.9 Å². The summed E-state index contributed by atoms with van der Waals surface area (Å²) in [6.45, 7) is 8.23. The Hall–Kier alpha value is -3.58. The summed E-state index contributed by atoms with van der Waals surface area (Å²) in [5, 5.41) is 2.75. The van der Waals surface area contributed by atoms with Crippen LogP contribution < -0.4 is 15.3 Å². The number of nitrogen functional groups attached to an aromatic ring is 1. The quantitative estimate of drug-likeness (QED) is 0.165. The van der Waals surface area contributed by atoms with E-state index in [1.54, 1.807) is 69.5 Å². The number of nitrogens with one attached hydrogen (secondary N) is 1. The van der Waals surface area contributed by atoms with E-state index in [2.05, 4.69) is 20.0 Å². The van der Waals surface area contributed by atoms with Crippen LogP contribution in [0.25, 0.3) is 11.2 Å². The molecule has 14 nitrogen and oxygen atoms in total. The number of aromatic nitrogens is 4. The second-order valence-corrected chi connectivity index (χ2v) is 12.7. The maximum atomic E-state index is 14.4. The monoisotopic (exact) mass is 646 g/mol. The number of benzene rings is 1. The van der Waals surface area contributed by atoms with Gasteiger partial charge >= 0.3 is 19.7 Å². The Morgan fingerprint density at radius 3 is 2.44 bits per heavy atom. The second kappa shape index (κ2) is 15.6. The van der Waals surface area contributed by atoms with Crippen LogP contribution in [0.5, 0.6) is 5.75 Å². The van der Waals surface area contributed by atoms with Gasteiger partial charge in [0.1, 0.15) is 48.2 Å². The van der Waals surface area contributed by atoms with Crippen molar-refractivity contribution in [3.8, 4) is 5.75 Å². The first-order valence-corrected chi connectivity index (χ1v) is 16.8. The molecule has 0 radical (unpaired) electrons. The highest BCUT2D eigenvalue weighted by atomic mass is 31.2. The third-order valence-electron chi connectivity index (χ3n) is 7.48. The zero-order valence-corrected chi connectivity index (χ0v) is 27.2. The van der Waals surface area contributed by atoms with Crippen LogP contribution in [0.1, 0.15) is 79.4 Å². The molecule has 45 heavy (non-hydrogen) atoms. The van der Waals surface area contributed by atoms with Crippen molar-refractivity contribution in [3.63, 3.8) is 0 Å². The lowest BCUT2D eigenvalue weighted by Gasteiger charge is -2.34. The summed E-state index contributed by atoms with van der Waals surface area (Å²) in [4.78, 5) is 37.8. The molecule has 1 aromatic carbocycles. The molecule has 4 rings (SSSR count). The van der Waals surface area contributed by atoms with E-state index in [-0.39, 0.29) is 24.1 Å². The zero-order chi connectivity index (χ0) is 32.6. The van der Waals surface area contributed by atoms with Crippen LogP contribution in [-0.2, 0) is 32.9 Å². The molecule has 0 saturated heterocycles. The molecule has 0 bridgehead atoms. The molecule has 15 heteroatoms. The van der Waals surface area contributed by atoms with Crippen LogP contribution in [0.15, 0.2) is 43.0 Å². The van der Waals surface area contributed by atoms with Crippen LogP contribution in [0, 0.1) is 0 Å². The number of hydrogen-bond acceptors (Lipinski definition) is 12. The molecule has 1 saturated carbocycles. The Morgan fingerprint density at radius 2 is 1.76 bits per heavy atom. The van der Waals surface area contributed by atoms with Gasteiger partial charge in [0.15, 0.2) is 11.5 Å². The number of hydrogen-bond donors (Lipinski definition) is 2. The van der Waals surface area contributed by atoms with Gasteiger partial charge < -0.3 is 24.5 Å². The largest absolute Gasteiger partial charge is 0.461 e. The molecule has 0 spiro atoms. The minimum absolute atomic E-state index is 0.141. The Balaban J connectivity index is 1.57. The number of anilines is 1. The number of nitrogens with zero attached hydrogens (tertiary/aromatic N) is 4. The van der Waals surface area contributed by atoms with Crippen molar-refractivity contribution in [2.45, 2.75) is 110 Å². The van der Waals surface area contributed by atoms with E-state index < -0.39 is 50.3 Å². The first-order valence-electron chi connectivity index (χ1n) is 15.3. The van der Waals surface area contributed by atoms with Crippen LogP contribution in [0.4, 0.5) is 5.82 Å². The molecular formula is C30H43N6O8P. The summed E-state index contributed by atoms with van der Waals surface area (Å²) >= 11 is 0. The summed E-state index contributed by atoms with van der Waals surface area (Å²) in [5.74, 6) is -0.544. The Kier molecular flexibility index (Phi) is 11.9. The van der Waals surface area contributed by atoms with Crippen molar-refractivity contribution in [2.75, 3.05) is 5.73 Å². The highest BCUT2D eigenvalue weighted by Gasteiger charge is 2.40. The van der Waals surface area contributed by atoms with Crippen LogP contribution in [0.2, 0.25) is 0 Å². The lowest BCUT2D eigenvalue weighted by atomic mass is 9.98. The number of fused-ring (bicyclic) bond motifs is 1. The van der Waals surface area contributed by atoms with Gasteiger partial charge in [0.2, 0.25) is 0 Å². The number of rotatable bonds is 15. The predicted octanol–water partition coefficient (Wildman–Crippen LogP) is 5.10. The molecular weight excluding hydrogens is 603 g/mol. The van der Waals surface area contributed by atoms with Gasteiger partial charge in [-0.3, -0.25) is 18.7 Å². The second-order valence-electron chi connectivity index (χ2n) is 11.1. The number of carbonyl (C=O) groups is 2. The fraction of sp³-hybridized carbons (Fsp3) is 0.567. The lowest BCUT2D eigenvalue weighted by Crippen LogP contribution is -2.43. The van der Waals surface area contributed by atoms with E-state index in [1.807, 2.05) is 0 Å². The van der Waals surface area contributed by atoms with Crippen LogP contribution in [0.3, 0.4) is 0 Å². The van der Waals surface area contributed by atoms with Crippen molar-refractivity contribution in [1.29, 1.82) is 0 Å². The van der Waals surface area contributed by atoms with Gasteiger partial charge in [-0.05, 0) is 65.5 Å². The first-order chi connectivity index (χ1) is 21.5. The average molecular weight is 647 g/mol. The predicted molar refractivity (Wildman–Crippen MR) is 166 cm³/mol. The topological polar surface area (TPSA) is 179 Å². The minimum Gasteiger partial charge on any atom is -0.461 e. The Morgan fingerprint density at radius 1 is 1.04 bits per heavy atom. The summed E-state index contributed by atoms with van der Waals surface area (Å²) < 4.78 is 45.7. The van der Waals surface area contributed by atoms with Gasteiger partial charge in [-0.1, -0.05) is 31.5 Å². The molecule has 0 aliphatic heterocycles. The van der Waals surface area contributed by atoms with Crippen molar-refractivity contribution in [3.05, 3.63) is 43.0 Å². The zero-order valence-electron chi connectivity index (χ0n) is 26.3. The molecule has 0 amide bonds. The van der Waals surface area contributed by atoms with E-state index in [9.17, 15) is 14.2 Å². The van der Waals surface area contributed by atoms with Gasteiger partial charge in [-0.15, -0.1) is 0 Å². The van der Waals surface area contributed by atoms with Gasteiger partial charge in [-0.2, -0.15) is 5.09 Å². The molecule has 2 heterocycles. The number of ether oxygens (including phenoxy) is 3. The van der Waals surface area contributed by atoms with Crippen molar-refractivity contribution < 1.29 is 37.4 Å². The Bertz CT molecular complexity index is 1470. The van der Waals surface area contributed by atoms with Gasteiger partial charge in [0.25, 0.3) is 0 Å². The number of esters is 2.